The first kappa shape index (κ1) is 20.5. The number of ether oxygens (including phenoxy) is 1. The van der Waals surface area contributed by atoms with Crippen molar-refractivity contribution in [2.75, 3.05) is 44.2 Å². The van der Waals surface area contributed by atoms with E-state index in [1.165, 1.54) is 31.4 Å². The molecule has 0 aromatic carbocycles. The Labute approximate surface area is 175 Å². The van der Waals surface area contributed by atoms with E-state index in [2.05, 4.69) is 26.2 Å². The Morgan fingerprint density at radius 1 is 1.21 bits per heavy atom. The molecule has 0 radical (unpaired) electrons. The molecule has 29 heavy (non-hydrogen) atoms. The molecular formula is C23H36N4O2. The summed E-state index contributed by atoms with van der Waals surface area (Å²) in [5.74, 6) is 3.16. The van der Waals surface area contributed by atoms with E-state index >= 15 is 0 Å². The molecule has 4 rings (SSSR count). The predicted octanol–water partition coefficient (Wildman–Crippen LogP) is 2.86. The molecule has 1 aromatic rings. The number of amides is 1. The van der Waals surface area contributed by atoms with Gasteiger partial charge in [0.05, 0.1) is 6.61 Å². The normalized spacial score (nSPS) is 25.0. The second-order valence-corrected chi connectivity index (χ2v) is 9.22. The van der Waals surface area contributed by atoms with Crippen molar-refractivity contribution in [3.05, 3.63) is 17.8 Å². The molecule has 0 atom stereocenters. The standard InChI is InChI=1S/C23H36N4O2/c1-17(2)23(28)25-20-5-3-18(4-6-20)8-11-26-12-14-27(15-13-26)22-21-19(7-10-24-22)9-16-29-21/h7,10,17-18,20H,3-6,8-9,11-16H2,1-2H3,(H,25,28)/t18-,20-. The fourth-order valence-electron chi connectivity index (χ4n) is 4.83. The zero-order valence-corrected chi connectivity index (χ0v) is 18.0. The van der Waals surface area contributed by atoms with Crippen LogP contribution in [0, 0.1) is 11.8 Å². The SMILES string of the molecule is CC(C)C(=O)N[C@H]1CC[C@H](CCN2CCN(c3nccc4c3OCC4)CC2)CC1. The number of nitrogens with zero attached hydrogens (tertiary/aromatic N) is 3. The minimum Gasteiger partial charge on any atom is -0.489 e. The topological polar surface area (TPSA) is 57.7 Å². The van der Waals surface area contributed by atoms with E-state index in [1.807, 2.05) is 20.0 Å². The maximum atomic E-state index is 11.9. The van der Waals surface area contributed by atoms with Gasteiger partial charge < -0.3 is 15.0 Å². The van der Waals surface area contributed by atoms with E-state index in [-0.39, 0.29) is 11.8 Å². The number of nitrogens with one attached hydrogen (secondary N) is 1. The number of piperazine rings is 1. The number of hydrogen-bond donors (Lipinski definition) is 1. The van der Waals surface area contributed by atoms with Gasteiger partial charge >= 0.3 is 0 Å². The maximum absolute atomic E-state index is 11.9. The third-order valence-corrected chi connectivity index (χ3v) is 6.83. The van der Waals surface area contributed by atoms with E-state index in [4.69, 9.17) is 4.74 Å². The highest BCUT2D eigenvalue weighted by Gasteiger charge is 2.26. The van der Waals surface area contributed by atoms with Gasteiger partial charge in [-0.15, -0.1) is 0 Å². The summed E-state index contributed by atoms with van der Waals surface area (Å²) in [6, 6.07) is 2.48. The van der Waals surface area contributed by atoms with Crippen molar-refractivity contribution in [3.63, 3.8) is 0 Å². The van der Waals surface area contributed by atoms with Gasteiger partial charge in [-0.25, -0.2) is 4.98 Å². The van der Waals surface area contributed by atoms with E-state index < -0.39 is 0 Å². The molecule has 1 saturated heterocycles. The quantitative estimate of drug-likeness (QED) is 0.796. The van der Waals surface area contributed by atoms with Gasteiger partial charge in [0.1, 0.15) is 0 Å². The Bertz CT molecular complexity index is 692. The third-order valence-electron chi connectivity index (χ3n) is 6.83. The molecule has 1 aromatic heterocycles. The molecule has 1 amide bonds. The highest BCUT2D eigenvalue weighted by molar-refractivity contribution is 5.78. The van der Waals surface area contributed by atoms with Gasteiger partial charge in [0, 0.05) is 56.3 Å². The molecule has 3 aliphatic rings. The molecule has 3 heterocycles. The van der Waals surface area contributed by atoms with Crippen molar-refractivity contribution in [2.45, 2.75) is 58.4 Å². The van der Waals surface area contributed by atoms with Crippen LogP contribution in [0.15, 0.2) is 12.3 Å². The fraction of sp³-hybridized carbons (Fsp3) is 0.739. The van der Waals surface area contributed by atoms with Crippen molar-refractivity contribution in [3.8, 4) is 5.75 Å². The van der Waals surface area contributed by atoms with Crippen LogP contribution < -0.4 is 15.0 Å². The number of carbonyl (C=O) groups is 1. The summed E-state index contributed by atoms with van der Waals surface area (Å²) in [6.07, 6.45) is 9.00. The summed E-state index contributed by atoms with van der Waals surface area (Å²) >= 11 is 0. The molecule has 1 saturated carbocycles. The lowest BCUT2D eigenvalue weighted by atomic mass is 9.84. The smallest absolute Gasteiger partial charge is 0.222 e. The fourth-order valence-corrected chi connectivity index (χ4v) is 4.83. The number of fused-ring (bicyclic) bond motifs is 1. The number of aromatic nitrogens is 1. The highest BCUT2D eigenvalue weighted by Crippen LogP contribution is 2.34. The third kappa shape index (κ3) is 5.03. The molecule has 0 unspecified atom stereocenters. The molecule has 0 spiro atoms. The molecule has 0 bridgehead atoms. The minimum absolute atomic E-state index is 0.0881. The summed E-state index contributed by atoms with van der Waals surface area (Å²) in [6.45, 7) is 10.2. The van der Waals surface area contributed by atoms with E-state index in [1.54, 1.807) is 0 Å². The Balaban J connectivity index is 1.17. The predicted molar refractivity (Wildman–Crippen MR) is 115 cm³/mol. The largest absolute Gasteiger partial charge is 0.489 e. The van der Waals surface area contributed by atoms with E-state index in [0.717, 1.165) is 69.5 Å². The first-order valence-electron chi connectivity index (χ1n) is 11.5. The Morgan fingerprint density at radius 2 is 1.97 bits per heavy atom. The average molecular weight is 401 g/mol. The van der Waals surface area contributed by atoms with Gasteiger partial charge in [0.15, 0.2) is 11.6 Å². The number of pyridine rings is 1. The Hall–Kier alpha value is -1.82. The zero-order chi connectivity index (χ0) is 20.2. The van der Waals surface area contributed by atoms with Gasteiger partial charge in [0.2, 0.25) is 5.91 Å². The summed E-state index contributed by atoms with van der Waals surface area (Å²) in [7, 11) is 0. The van der Waals surface area contributed by atoms with Crippen molar-refractivity contribution in [1.29, 1.82) is 0 Å². The van der Waals surface area contributed by atoms with Crippen LogP contribution in [-0.2, 0) is 11.2 Å². The lowest BCUT2D eigenvalue weighted by Gasteiger charge is -2.37. The van der Waals surface area contributed by atoms with Crippen LogP contribution in [0.3, 0.4) is 0 Å². The van der Waals surface area contributed by atoms with Crippen LogP contribution in [0.4, 0.5) is 5.82 Å². The summed E-state index contributed by atoms with van der Waals surface area (Å²) in [4.78, 5) is 21.5. The molecular weight excluding hydrogens is 364 g/mol. The van der Waals surface area contributed by atoms with Crippen LogP contribution in [0.25, 0.3) is 0 Å². The monoisotopic (exact) mass is 400 g/mol. The average Bonchev–Trinajstić information content (AvgIpc) is 3.22. The lowest BCUT2D eigenvalue weighted by Crippen LogP contribution is -2.47. The van der Waals surface area contributed by atoms with Crippen LogP contribution in [-0.4, -0.2) is 61.2 Å². The number of anilines is 1. The van der Waals surface area contributed by atoms with Crippen molar-refractivity contribution in [1.82, 2.24) is 15.2 Å². The second-order valence-electron chi connectivity index (χ2n) is 9.22. The van der Waals surface area contributed by atoms with Gasteiger partial charge in [-0.3, -0.25) is 9.69 Å². The first-order valence-corrected chi connectivity index (χ1v) is 11.5. The molecule has 1 N–H and O–H groups in total. The molecule has 2 fully saturated rings. The van der Waals surface area contributed by atoms with Crippen molar-refractivity contribution >= 4 is 11.7 Å². The maximum Gasteiger partial charge on any atom is 0.222 e. The van der Waals surface area contributed by atoms with Crippen molar-refractivity contribution < 1.29 is 9.53 Å². The molecule has 6 heteroatoms. The Morgan fingerprint density at radius 3 is 2.69 bits per heavy atom. The van der Waals surface area contributed by atoms with Crippen LogP contribution in [0.2, 0.25) is 0 Å². The number of rotatable bonds is 6. The summed E-state index contributed by atoms with van der Waals surface area (Å²) < 4.78 is 5.84. The van der Waals surface area contributed by atoms with Gasteiger partial charge in [-0.1, -0.05) is 13.8 Å². The summed E-state index contributed by atoms with van der Waals surface area (Å²) in [5, 5.41) is 3.21. The highest BCUT2D eigenvalue weighted by atomic mass is 16.5. The minimum atomic E-state index is 0.0881. The van der Waals surface area contributed by atoms with E-state index in [9.17, 15) is 4.79 Å². The first-order chi connectivity index (χ1) is 14.1. The molecule has 160 valence electrons. The van der Waals surface area contributed by atoms with Gasteiger partial charge in [0.25, 0.3) is 0 Å². The molecule has 1 aliphatic carbocycles. The zero-order valence-electron chi connectivity index (χ0n) is 18.0. The van der Waals surface area contributed by atoms with Crippen LogP contribution in [0.1, 0.15) is 51.5 Å². The second kappa shape index (κ2) is 9.33. The van der Waals surface area contributed by atoms with Crippen molar-refractivity contribution in [2.24, 2.45) is 11.8 Å². The van der Waals surface area contributed by atoms with Crippen LogP contribution >= 0.6 is 0 Å². The van der Waals surface area contributed by atoms with E-state index in [0.29, 0.717) is 6.04 Å². The van der Waals surface area contributed by atoms with Crippen LogP contribution in [0.5, 0.6) is 5.75 Å². The number of carbonyl (C=O) groups excluding carboxylic acids is 1. The van der Waals surface area contributed by atoms with Gasteiger partial charge in [-0.05, 0) is 50.6 Å². The molecule has 6 nitrogen and oxygen atoms in total. The lowest BCUT2D eigenvalue weighted by molar-refractivity contribution is -0.125. The number of hydrogen-bond acceptors (Lipinski definition) is 5. The van der Waals surface area contributed by atoms with Gasteiger partial charge in [-0.2, -0.15) is 0 Å². The molecule has 2 aliphatic heterocycles. The Kier molecular flexibility index (Phi) is 6.58. The summed E-state index contributed by atoms with van der Waals surface area (Å²) in [5.41, 5.74) is 1.30.